The van der Waals surface area contributed by atoms with E-state index in [2.05, 4.69) is 9.88 Å². The molecule has 4 rings (SSSR count). The Labute approximate surface area is 145 Å². The van der Waals surface area contributed by atoms with Gasteiger partial charge >= 0.3 is 5.97 Å². The second-order valence-corrected chi connectivity index (χ2v) is 7.02. The quantitative estimate of drug-likeness (QED) is 0.916. The number of rotatable bonds is 4. The van der Waals surface area contributed by atoms with Crippen LogP contribution in [-0.2, 0) is 11.3 Å². The van der Waals surface area contributed by atoms with Crippen molar-refractivity contribution in [2.75, 3.05) is 0 Å². The molecule has 1 N–H and O–H groups in total. The lowest BCUT2D eigenvalue weighted by atomic mass is 9.85. The fraction of sp³-hybridized carbons (Fsp3) is 0.474. The number of carbonyl (C=O) groups is 1. The van der Waals surface area contributed by atoms with E-state index in [1.807, 2.05) is 0 Å². The summed E-state index contributed by atoms with van der Waals surface area (Å²) in [5, 5.41) is 9.60. The van der Waals surface area contributed by atoms with Gasteiger partial charge in [-0.25, -0.2) is 9.37 Å². The third-order valence-electron chi connectivity index (χ3n) is 5.49. The van der Waals surface area contributed by atoms with Crippen molar-refractivity contribution in [2.24, 2.45) is 5.92 Å². The average Bonchev–Trinajstić information content (AvgIpc) is 3.21. The molecule has 1 saturated heterocycles. The Kier molecular flexibility index (Phi) is 4.29. The maximum absolute atomic E-state index is 13.0. The highest BCUT2D eigenvalue weighted by Gasteiger charge is 2.45. The summed E-state index contributed by atoms with van der Waals surface area (Å²) >= 11 is 0. The van der Waals surface area contributed by atoms with Crippen LogP contribution in [0.3, 0.4) is 0 Å². The van der Waals surface area contributed by atoms with Crippen molar-refractivity contribution in [2.45, 2.75) is 50.7 Å². The van der Waals surface area contributed by atoms with Gasteiger partial charge in [0.25, 0.3) is 0 Å². The minimum atomic E-state index is -0.753. The van der Waals surface area contributed by atoms with Gasteiger partial charge in [0.15, 0.2) is 0 Å². The van der Waals surface area contributed by atoms with Crippen molar-refractivity contribution in [3.05, 3.63) is 42.0 Å². The zero-order valence-electron chi connectivity index (χ0n) is 13.9. The van der Waals surface area contributed by atoms with E-state index in [-0.39, 0.29) is 5.82 Å². The van der Waals surface area contributed by atoms with Crippen LogP contribution in [0.4, 0.5) is 4.39 Å². The van der Waals surface area contributed by atoms with Crippen LogP contribution in [-0.4, -0.2) is 33.0 Å². The summed E-state index contributed by atoms with van der Waals surface area (Å²) in [5.74, 6) is -0.156. The monoisotopic (exact) mass is 344 g/mol. The van der Waals surface area contributed by atoms with Crippen LogP contribution in [0.25, 0.3) is 11.5 Å². The van der Waals surface area contributed by atoms with Crippen molar-refractivity contribution in [1.29, 1.82) is 0 Å². The SMILES string of the molecule is O=C(O)[C@@H]1C[C@@H]2CCCC[C@H]2N1Cc1coc(-c2ccc(F)cc2)n1. The number of oxazole rings is 1. The maximum atomic E-state index is 13.0. The van der Waals surface area contributed by atoms with Crippen molar-refractivity contribution < 1.29 is 18.7 Å². The highest BCUT2D eigenvalue weighted by Crippen LogP contribution is 2.40. The Morgan fingerprint density at radius 1 is 1.28 bits per heavy atom. The number of hydrogen-bond donors (Lipinski definition) is 1. The first-order valence-corrected chi connectivity index (χ1v) is 8.80. The van der Waals surface area contributed by atoms with Gasteiger partial charge in [-0.2, -0.15) is 0 Å². The summed E-state index contributed by atoms with van der Waals surface area (Å²) in [5.41, 5.74) is 1.43. The van der Waals surface area contributed by atoms with E-state index in [0.29, 0.717) is 30.0 Å². The van der Waals surface area contributed by atoms with Gasteiger partial charge in [-0.15, -0.1) is 0 Å². The molecule has 2 aliphatic rings. The fourth-order valence-corrected chi connectivity index (χ4v) is 4.31. The molecular weight excluding hydrogens is 323 g/mol. The number of carboxylic acids is 1. The zero-order chi connectivity index (χ0) is 17.4. The Balaban J connectivity index is 1.54. The van der Waals surface area contributed by atoms with Crippen LogP contribution in [0.15, 0.2) is 34.9 Å². The minimum Gasteiger partial charge on any atom is -0.480 e. The lowest BCUT2D eigenvalue weighted by Gasteiger charge is -2.32. The predicted molar refractivity (Wildman–Crippen MR) is 89.2 cm³/mol. The third kappa shape index (κ3) is 3.18. The molecular formula is C19H21FN2O3. The van der Waals surface area contributed by atoms with Crippen LogP contribution in [0.2, 0.25) is 0 Å². The molecule has 1 aliphatic carbocycles. The Bertz CT molecular complexity index is 758. The molecule has 1 aliphatic heterocycles. The molecule has 1 aromatic heterocycles. The van der Waals surface area contributed by atoms with Gasteiger partial charge in [0.1, 0.15) is 18.1 Å². The molecule has 2 heterocycles. The van der Waals surface area contributed by atoms with Crippen molar-refractivity contribution in [1.82, 2.24) is 9.88 Å². The molecule has 1 saturated carbocycles. The molecule has 0 unspecified atom stereocenters. The van der Waals surface area contributed by atoms with Crippen LogP contribution in [0.5, 0.6) is 0 Å². The molecule has 2 fully saturated rings. The van der Waals surface area contributed by atoms with E-state index >= 15 is 0 Å². The van der Waals surface area contributed by atoms with Gasteiger partial charge in [-0.3, -0.25) is 9.69 Å². The van der Waals surface area contributed by atoms with E-state index in [1.165, 1.54) is 18.6 Å². The van der Waals surface area contributed by atoms with E-state index in [9.17, 15) is 14.3 Å². The lowest BCUT2D eigenvalue weighted by Crippen LogP contribution is -2.41. The van der Waals surface area contributed by atoms with Gasteiger partial charge in [-0.05, 0) is 49.4 Å². The molecule has 25 heavy (non-hydrogen) atoms. The Morgan fingerprint density at radius 2 is 2.04 bits per heavy atom. The zero-order valence-corrected chi connectivity index (χ0v) is 13.9. The third-order valence-corrected chi connectivity index (χ3v) is 5.49. The fourth-order valence-electron chi connectivity index (χ4n) is 4.31. The summed E-state index contributed by atoms with van der Waals surface area (Å²) in [6.45, 7) is 0.475. The summed E-state index contributed by atoms with van der Waals surface area (Å²) < 4.78 is 18.6. The molecule has 0 radical (unpaired) electrons. The van der Waals surface area contributed by atoms with E-state index in [0.717, 1.165) is 31.4 Å². The van der Waals surface area contributed by atoms with E-state index < -0.39 is 12.0 Å². The standard InChI is InChI=1S/C19H21FN2O3/c20-14-7-5-12(6-8-14)18-21-15(11-25-18)10-22-16-4-2-1-3-13(16)9-17(22)19(23)24/h5-8,11,13,16-17H,1-4,9-10H2,(H,23,24)/t13-,16+,17-/m0/s1. The van der Waals surface area contributed by atoms with Crippen LogP contribution in [0.1, 0.15) is 37.8 Å². The van der Waals surface area contributed by atoms with E-state index in [1.54, 1.807) is 18.4 Å². The second-order valence-electron chi connectivity index (χ2n) is 7.02. The summed E-state index contributed by atoms with van der Waals surface area (Å²) in [4.78, 5) is 18.2. The van der Waals surface area contributed by atoms with Crippen LogP contribution in [0, 0.1) is 11.7 Å². The predicted octanol–water partition coefficient (Wildman–Crippen LogP) is 3.70. The number of hydrogen-bond acceptors (Lipinski definition) is 4. The first kappa shape index (κ1) is 16.3. The second kappa shape index (κ2) is 6.59. The normalized spacial score (nSPS) is 26.5. The molecule has 132 valence electrons. The number of fused-ring (bicyclic) bond motifs is 1. The molecule has 5 nitrogen and oxygen atoms in total. The van der Waals surface area contributed by atoms with Crippen LogP contribution < -0.4 is 0 Å². The number of likely N-dealkylation sites (tertiary alicyclic amines) is 1. The first-order chi connectivity index (χ1) is 12.1. The number of halogens is 1. The summed E-state index contributed by atoms with van der Waals surface area (Å²) in [6, 6.07) is 5.86. The van der Waals surface area contributed by atoms with Gasteiger partial charge in [-0.1, -0.05) is 12.8 Å². The topological polar surface area (TPSA) is 66.6 Å². The first-order valence-electron chi connectivity index (χ1n) is 8.80. The van der Waals surface area contributed by atoms with E-state index in [4.69, 9.17) is 4.42 Å². The van der Waals surface area contributed by atoms with Gasteiger partial charge in [0.05, 0.1) is 5.69 Å². The van der Waals surface area contributed by atoms with Gasteiger partial charge in [0.2, 0.25) is 5.89 Å². The maximum Gasteiger partial charge on any atom is 0.320 e. The summed E-state index contributed by atoms with van der Waals surface area (Å²) in [6.07, 6.45) is 6.82. The van der Waals surface area contributed by atoms with Gasteiger partial charge < -0.3 is 9.52 Å². The molecule has 1 aromatic carbocycles. The number of carboxylic acid groups (broad SMARTS) is 1. The number of aromatic nitrogens is 1. The van der Waals surface area contributed by atoms with Crippen molar-refractivity contribution >= 4 is 5.97 Å². The lowest BCUT2D eigenvalue weighted by molar-refractivity contribution is -0.142. The number of nitrogens with zero attached hydrogens (tertiary/aromatic N) is 2. The molecule has 3 atom stereocenters. The molecule has 0 amide bonds. The number of aliphatic carboxylic acids is 1. The molecule has 2 aromatic rings. The highest BCUT2D eigenvalue weighted by molar-refractivity contribution is 5.74. The average molecular weight is 344 g/mol. The number of benzene rings is 1. The van der Waals surface area contributed by atoms with Crippen molar-refractivity contribution in [3.8, 4) is 11.5 Å². The molecule has 0 spiro atoms. The Morgan fingerprint density at radius 3 is 2.80 bits per heavy atom. The highest BCUT2D eigenvalue weighted by atomic mass is 19.1. The Hall–Kier alpha value is -2.21. The molecule has 6 heteroatoms. The smallest absolute Gasteiger partial charge is 0.320 e. The van der Waals surface area contributed by atoms with Crippen LogP contribution >= 0.6 is 0 Å². The van der Waals surface area contributed by atoms with Crippen molar-refractivity contribution in [3.63, 3.8) is 0 Å². The largest absolute Gasteiger partial charge is 0.480 e. The minimum absolute atomic E-state index is 0.305. The summed E-state index contributed by atoms with van der Waals surface area (Å²) in [7, 11) is 0. The molecule has 0 bridgehead atoms. The van der Waals surface area contributed by atoms with Gasteiger partial charge in [0, 0.05) is 18.2 Å².